The number of carbonyl (C=O) groups excluding carboxylic acids is 1. The van der Waals surface area contributed by atoms with Gasteiger partial charge in [-0.2, -0.15) is 0 Å². The average molecular weight is 634 g/mol. The first kappa shape index (κ1) is 29.3. The Balaban J connectivity index is 2.05. The zero-order valence-electron chi connectivity index (χ0n) is 16.2. The molecule has 0 spiro atoms. The minimum Gasteiger partial charge on any atom is -0.478 e. The van der Waals surface area contributed by atoms with Crippen LogP contribution in [-0.4, -0.2) is 41.1 Å². The molecule has 0 aliphatic carbocycles. The maximum absolute atomic E-state index is 12.5. The van der Waals surface area contributed by atoms with E-state index < -0.39 is 34.0 Å². The van der Waals surface area contributed by atoms with Gasteiger partial charge in [0.05, 0.1) is 63.5 Å². The maximum Gasteiger partial charge on any atom is 0.338 e. The molecule has 0 heterocycles. The Morgan fingerprint density at radius 2 is 1.06 bits per heavy atom. The van der Waals surface area contributed by atoms with Crippen LogP contribution >= 0.6 is 92.8 Å². The van der Waals surface area contributed by atoms with E-state index in [2.05, 4.69) is 10.8 Å². The molecule has 0 bridgehead atoms. The SMILES string of the molecule is O=C(O)c1c(Cl)c(Cl)c(Cl)c(Cl)c1CONCCNC(=O)c1c(Cl)c(Cl)c(Cl)c(Cl)c1C(=O)O. The first-order valence-corrected chi connectivity index (χ1v) is 11.6. The molecule has 0 saturated heterocycles. The molecular weight excluding hydrogens is 624 g/mol. The van der Waals surface area contributed by atoms with Crippen LogP contribution in [0.5, 0.6) is 0 Å². The lowest BCUT2D eigenvalue weighted by atomic mass is 10.1. The molecule has 2 rings (SSSR count). The van der Waals surface area contributed by atoms with Gasteiger partial charge in [0.15, 0.2) is 0 Å². The van der Waals surface area contributed by atoms with Gasteiger partial charge in [0, 0.05) is 18.7 Å². The molecule has 0 aliphatic rings. The van der Waals surface area contributed by atoms with Crippen molar-refractivity contribution in [3.8, 4) is 0 Å². The Kier molecular flexibility index (Phi) is 10.7. The van der Waals surface area contributed by atoms with Crippen molar-refractivity contribution >= 4 is 111 Å². The van der Waals surface area contributed by atoms with Gasteiger partial charge in [0.2, 0.25) is 0 Å². The van der Waals surface area contributed by atoms with Gasteiger partial charge in [-0.25, -0.2) is 15.1 Å². The number of rotatable bonds is 9. The fraction of sp³-hybridized carbons (Fsp3) is 0.167. The zero-order chi connectivity index (χ0) is 25.9. The van der Waals surface area contributed by atoms with E-state index in [9.17, 15) is 24.6 Å². The molecule has 0 saturated carbocycles. The summed E-state index contributed by atoms with van der Waals surface area (Å²) in [6, 6.07) is 0. The van der Waals surface area contributed by atoms with Crippen LogP contribution in [0.3, 0.4) is 0 Å². The van der Waals surface area contributed by atoms with Crippen molar-refractivity contribution in [3.05, 3.63) is 62.4 Å². The van der Waals surface area contributed by atoms with Crippen LogP contribution < -0.4 is 10.8 Å². The van der Waals surface area contributed by atoms with Crippen molar-refractivity contribution in [2.45, 2.75) is 6.61 Å². The molecule has 0 aromatic heterocycles. The third-order valence-corrected chi connectivity index (χ3v) is 7.76. The number of aromatic carboxylic acids is 2. The van der Waals surface area contributed by atoms with Crippen molar-refractivity contribution in [1.29, 1.82) is 0 Å². The van der Waals surface area contributed by atoms with Gasteiger partial charge in [0.1, 0.15) is 0 Å². The second-order valence-corrected chi connectivity index (χ2v) is 9.19. The Labute approximate surface area is 231 Å². The van der Waals surface area contributed by atoms with Crippen LogP contribution in [-0.2, 0) is 11.4 Å². The van der Waals surface area contributed by atoms with Crippen LogP contribution in [0.1, 0.15) is 36.6 Å². The molecule has 2 aromatic rings. The molecule has 184 valence electrons. The number of halogens is 8. The smallest absolute Gasteiger partial charge is 0.338 e. The topological polar surface area (TPSA) is 125 Å². The van der Waals surface area contributed by atoms with Crippen LogP contribution in [0.25, 0.3) is 0 Å². The second kappa shape index (κ2) is 12.4. The fourth-order valence-corrected chi connectivity index (χ4v) is 4.64. The number of nitrogens with one attached hydrogen (secondary N) is 2. The highest BCUT2D eigenvalue weighted by atomic mass is 35.5. The zero-order valence-corrected chi connectivity index (χ0v) is 22.2. The Morgan fingerprint density at radius 1 is 0.618 bits per heavy atom. The van der Waals surface area contributed by atoms with Crippen molar-refractivity contribution in [1.82, 2.24) is 10.8 Å². The van der Waals surface area contributed by atoms with Crippen LogP contribution in [0.2, 0.25) is 40.2 Å². The Bertz CT molecular complexity index is 1190. The van der Waals surface area contributed by atoms with E-state index >= 15 is 0 Å². The van der Waals surface area contributed by atoms with Crippen molar-refractivity contribution in [2.75, 3.05) is 13.1 Å². The molecule has 34 heavy (non-hydrogen) atoms. The average Bonchev–Trinajstić information content (AvgIpc) is 2.77. The summed E-state index contributed by atoms with van der Waals surface area (Å²) in [5.41, 5.74) is 0.954. The van der Waals surface area contributed by atoms with Gasteiger partial charge >= 0.3 is 11.9 Å². The van der Waals surface area contributed by atoms with Crippen LogP contribution in [0, 0.1) is 0 Å². The number of amides is 1. The monoisotopic (exact) mass is 630 g/mol. The van der Waals surface area contributed by atoms with Crippen LogP contribution in [0.4, 0.5) is 0 Å². The molecule has 8 nitrogen and oxygen atoms in total. The molecule has 0 aliphatic heterocycles. The molecule has 0 fully saturated rings. The van der Waals surface area contributed by atoms with Crippen LogP contribution in [0.15, 0.2) is 0 Å². The lowest BCUT2D eigenvalue weighted by Crippen LogP contribution is -2.33. The first-order valence-electron chi connectivity index (χ1n) is 8.62. The van der Waals surface area contributed by atoms with Gasteiger partial charge in [-0.05, 0) is 0 Å². The molecule has 16 heteroatoms. The van der Waals surface area contributed by atoms with Crippen molar-refractivity contribution in [3.63, 3.8) is 0 Å². The predicted octanol–water partition coefficient (Wildman–Crippen LogP) is 6.76. The lowest BCUT2D eigenvalue weighted by Gasteiger charge is -2.15. The van der Waals surface area contributed by atoms with Gasteiger partial charge in [-0.3, -0.25) is 9.63 Å². The summed E-state index contributed by atoms with van der Waals surface area (Å²) >= 11 is 47.5. The summed E-state index contributed by atoms with van der Waals surface area (Å²) in [6.07, 6.45) is 0. The molecule has 0 unspecified atom stereocenters. The summed E-state index contributed by atoms with van der Waals surface area (Å²) in [6.45, 7) is -0.480. The molecule has 4 N–H and O–H groups in total. The van der Waals surface area contributed by atoms with E-state index in [4.69, 9.17) is 97.6 Å². The molecule has 0 atom stereocenters. The minimum absolute atomic E-state index is 0.0180. The summed E-state index contributed by atoms with van der Waals surface area (Å²) in [7, 11) is 0. The van der Waals surface area contributed by atoms with E-state index in [0.29, 0.717) is 0 Å². The van der Waals surface area contributed by atoms with E-state index in [1.54, 1.807) is 0 Å². The van der Waals surface area contributed by atoms with E-state index in [0.717, 1.165) is 0 Å². The minimum atomic E-state index is -1.54. The number of carboxylic acids is 2. The second-order valence-electron chi connectivity index (χ2n) is 6.16. The largest absolute Gasteiger partial charge is 0.478 e. The number of carbonyl (C=O) groups is 3. The number of benzene rings is 2. The quantitative estimate of drug-likeness (QED) is 0.104. The highest BCUT2D eigenvalue weighted by Crippen LogP contribution is 2.42. The van der Waals surface area contributed by atoms with E-state index in [1.165, 1.54) is 0 Å². The van der Waals surface area contributed by atoms with Crippen molar-refractivity contribution < 1.29 is 29.4 Å². The molecule has 0 radical (unpaired) electrons. The third kappa shape index (κ3) is 6.07. The Morgan fingerprint density at radius 3 is 1.56 bits per heavy atom. The molecule has 1 amide bonds. The van der Waals surface area contributed by atoms with Gasteiger partial charge in [-0.15, -0.1) is 0 Å². The number of hydroxylamine groups is 1. The predicted molar refractivity (Wildman–Crippen MR) is 132 cm³/mol. The lowest BCUT2D eigenvalue weighted by molar-refractivity contribution is 0.0278. The van der Waals surface area contributed by atoms with Crippen molar-refractivity contribution in [2.24, 2.45) is 0 Å². The number of hydrogen-bond acceptors (Lipinski definition) is 5. The third-order valence-electron chi connectivity index (χ3n) is 4.12. The first-order chi connectivity index (χ1) is 15.8. The maximum atomic E-state index is 12.5. The Hall–Kier alpha value is -0.910. The highest BCUT2D eigenvalue weighted by Gasteiger charge is 2.29. The summed E-state index contributed by atoms with van der Waals surface area (Å²) < 4.78 is 0. The van der Waals surface area contributed by atoms with Gasteiger partial charge in [-0.1, -0.05) is 92.8 Å². The van der Waals surface area contributed by atoms with Gasteiger partial charge < -0.3 is 15.5 Å². The van der Waals surface area contributed by atoms with E-state index in [1.807, 2.05) is 0 Å². The summed E-state index contributed by atoms with van der Waals surface area (Å²) in [5, 5.41) is 18.9. The van der Waals surface area contributed by atoms with E-state index in [-0.39, 0.29) is 66.0 Å². The normalized spacial score (nSPS) is 10.9. The fourth-order valence-electron chi connectivity index (χ4n) is 2.59. The standard InChI is InChI=1S/C18H10Cl8N2O6/c19-8-4(5(17(30)31)9(20)13(24)12(8)23)3-34-28-2-1-27-16(29)6-7(18(32)33)11(22)15(26)14(25)10(6)21/h28H,1-3H2,(H,27,29)(H,30,31)(H,32,33). The molecule has 2 aromatic carbocycles. The van der Waals surface area contributed by atoms with Gasteiger partial charge in [0.25, 0.3) is 5.91 Å². The highest BCUT2D eigenvalue weighted by molar-refractivity contribution is 6.54. The summed E-state index contributed by atoms with van der Waals surface area (Å²) in [5.74, 6) is -3.83. The number of hydrogen-bond donors (Lipinski definition) is 4. The molecular formula is C18H10Cl8N2O6. The number of carboxylic acid groups (broad SMARTS) is 2. The summed E-state index contributed by atoms with van der Waals surface area (Å²) in [4.78, 5) is 40.8.